The number of rotatable bonds is 6. The summed E-state index contributed by atoms with van der Waals surface area (Å²) in [6, 6.07) is 12.7. The van der Waals surface area contributed by atoms with E-state index in [1.807, 2.05) is 50.1 Å². The van der Waals surface area contributed by atoms with Gasteiger partial charge in [-0.2, -0.15) is 13.2 Å². The van der Waals surface area contributed by atoms with Crippen LogP contribution in [0.3, 0.4) is 0 Å². The van der Waals surface area contributed by atoms with E-state index in [2.05, 4.69) is 5.32 Å². The van der Waals surface area contributed by atoms with E-state index in [-0.39, 0.29) is 30.0 Å². The smallest absolute Gasteiger partial charge is 0.347 e. The van der Waals surface area contributed by atoms with E-state index in [0.29, 0.717) is 0 Å². The van der Waals surface area contributed by atoms with Gasteiger partial charge in [-0.1, -0.05) is 44.2 Å². The Morgan fingerprint density at radius 3 is 2.34 bits per heavy atom. The first-order valence-electron chi connectivity index (χ1n) is 10.1. The Morgan fingerprint density at radius 2 is 1.69 bits per heavy atom. The molecule has 0 atom stereocenters. The highest BCUT2D eigenvalue weighted by Crippen LogP contribution is 2.46. The van der Waals surface area contributed by atoms with Gasteiger partial charge >= 0.3 is 6.18 Å². The molecule has 3 rings (SSSR count). The van der Waals surface area contributed by atoms with Crippen molar-refractivity contribution in [2.45, 2.75) is 25.4 Å². The second-order valence-electron chi connectivity index (χ2n) is 8.46. The lowest BCUT2D eigenvalue weighted by atomic mass is 9.83. The maximum atomic E-state index is 13.1. The summed E-state index contributed by atoms with van der Waals surface area (Å²) < 4.78 is 39.3. The third-order valence-electron chi connectivity index (χ3n) is 5.58. The van der Waals surface area contributed by atoms with Crippen molar-refractivity contribution in [3.05, 3.63) is 71.4 Å². The molecule has 0 bridgehead atoms. The average molecular weight is 445 g/mol. The van der Waals surface area contributed by atoms with Crippen LogP contribution >= 0.6 is 0 Å². The number of carbonyl (C=O) groups is 2. The molecule has 170 valence electrons. The summed E-state index contributed by atoms with van der Waals surface area (Å²) in [6.07, 6.45) is -3.00. The molecular weight excluding hydrogens is 419 g/mol. The van der Waals surface area contributed by atoms with Crippen molar-refractivity contribution in [3.63, 3.8) is 0 Å². The van der Waals surface area contributed by atoms with Gasteiger partial charge in [-0.3, -0.25) is 14.5 Å². The fourth-order valence-corrected chi connectivity index (χ4v) is 4.05. The molecule has 0 saturated carbocycles. The van der Waals surface area contributed by atoms with Crippen LogP contribution in [0.15, 0.2) is 60.3 Å². The molecule has 0 spiro atoms. The van der Waals surface area contributed by atoms with E-state index in [4.69, 9.17) is 0 Å². The largest absolute Gasteiger partial charge is 0.418 e. The number of hydrogen-bond acceptors (Lipinski definition) is 4. The van der Waals surface area contributed by atoms with Crippen LogP contribution in [-0.2, 0) is 21.2 Å². The first-order valence-corrected chi connectivity index (χ1v) is 10.1. The van der Waals surface area contributed by atoms with E-state index < -0.39 is 17.6 Å². The zero-order valence-electron chi connectivity index (χ0n) is 18.5. The monoisotopic (exact) mass is 445 g/mol. The average Bonchev–Trinajstić information content (AvgIpc) is 2.88. The molecule has 2 aromatic rings. The zero-order valence-corrected chi connectivity index (χ0v) is 18.5. The van der Waals surface area contributed by atoms with Gasteiger partial charge in [0.1, 0.15) is 0 Å². The number of para-hydroxylation sites is 2. The number of alkyl halides is 3. The summed E-state index contributed by atoms with van der Waals surface area (Å²) in [5.74, 6) is -0.825. The van der Waals surface area contributed by atoms with Crippen molar-refractivity contribution < 1.29 is 22.8 Å². The lowest BCUT2D eigenvalue weighted by Crippen LogP contribution is -2.34. The Balaban J connectivity index is 1.64. The van der Waals surface area contributed by atoms with Crippen molar-refractivity contribution in [2.75, 3.05) is 37.4 Å². The third kappa shape index (κ3) is 4.85. The number of fused-ring (bicyclic) bond motifs is 1. The maximum Gasteiger partial charge on any atom is 0.418 e. The van der Waals surface area contributed by atoms with Crippen LogP contribution in [0.5, 0.6) is 0 Å². The van der Waals surface area contributed by atoms with Gasteiger partial charge in [0.05, 0.1) is 24.3 Å². The molecule has 2 aromatic carbocycles. The highest BCUT2D eigenvalue weighted by atomic mass is 19.4. The number of anilines is 2. The summed E-state index contributed by atoms with van der Waals surface area (Å²) in [6.45, 7) is 3.83. The summed E-state index contributed by atoms with van der Waals surface area (Å²) in [5, 5.41) is 2.29. The van der Waals surface area contributed by atoms with E-state index in [9.17, 15) is 22.8 Å². The minimum absolute atomic E-state index is 0.0435. The molecule has 0 aliphatic carbocycles. The maximum absolute atomic E-state index is 13.1. The second kappa shape index (κ2) is 8.78. The van der Waals surface area contributed by atoms with Crippen molar-refractivity contribution in [3.8, 4) is 0 Å². The Labute approximate surface area is 185 Å². The van der Waals surface area contributed by atoms with Gasteiger partial charge in [0.15, 0.2) is 5.78 Å². The summed E-state index contributed by atoms with van der Waals surface area (Å²) in [7, 11) is 3.48. The molecule has 0 fully saturated rings. The number of benzene rings is 2. The minimum atomic E-state index is -4.57. The summed E-state index contributed by atoms with van der Waals surface area (Å²) in [5.41, 5.74) is 1.44. The topological polar surface area (TPSA) is 52.7 Å². The number of hydrogen-bond donors (Lipinski definition) is 1. The van der Waals surface area contributed by atoms with Crippen molar-refractivity contribution in [1.82, 2.24) is 4.90 Å². The molecule has 1 amide bonds. The molecule has 1 N–H and O–H groups in total. The molecule has 1 aliphatic rings. The summed E-state index contributed by atoms with van der Waals surface area (Å²) in [4.78, 5) is 28.4. The van der Waals surface area contributed by atoms with Gasteiger partial charge in [0, 0.05) is 29.9 Å². The molecule has 8 heteroatoms. The number of ketones is 1. The van der Waals surface area contributed by atoms with Gasteiger partial charge in [0.25, 0.3) is 0 Å². The highest BCUT2D eigenvalue weighted by Gasteiger charge is 2.38. The molecule has 32 heavy (non-hydrogen) atoms. The van der Waals surface area contributed by atoms with Gasteiger partial charge in [-0.15, -0.1) is 0 Å². The van der Waals surface area contributed by atoms with Crippen molar-refractivity contribution in [1.29, 1.82) is 0 Å². The number of halogens is 3. The van der Waals surface area contributed by atoms with Crippen LogP contribution < -0.4 is 10.2 Å². The van der Waals surface area contributed by atoms with E-state index in [0.717, 1.165) is 23.0 Å². The van der Waals surface area contributed by atoms with E-state index >= 15 is 0 Å². The van der Waals surface area contributed by atoms with Crippen molar-refractivity contribution >= 4 is 23.1 Å². The molecule has 1 heterocycles. The zero-order chi connectivity index (χ0) is 23.7. The van der Waals surface area contributed by atoms with Crippen LogP contribution in [0.2, 0.25) is 0 Å². The molecule has 1 aliphatic heterocycles. The van der Waals surface area contributed by atoms with Gasteiger partial charge in [-0.05, 0) is 30.8 Å². The lowest BCUT2D eigenvalue weighted by molar-refractivity contribution is -0.137. The van der Waals surface area contributed by atoms with E-state index in [1.165, 1.54) is 23.1 Å². The van der Waals surface area contributed by atoms with Crippen molar-refractivity contribution in [2.24, 2.45) is 0 Å². The van der Waals surface area contributed by atoms with Gasteiger partial charge < -0.3 is 10.2 Å². The van der Waals surface area contributed by atoms with Crippen LogP contribution in [0.4, 0.5) is 24.5 Å². The third-order valence-corrected chi connectivity index (χ3v) is 5.58. The Kier molecular flexibility index (Phi) is 6.46. The molecular formula is C24H26F3N3O2. The number of nitrogens with zero attached hydrogens (tertiary/aromatic N) is 2. The fraction of sp³-hybridized carbons (Fsp3) is 0.333. The highest BCUT2D eigenvalue weighted by molar-refractivity contribution is 5.96. The predicted octanol–water partition coefficient (Wildman–Crippen LogP) is 4.46. The molecule has 0 saturated heterocycles. The molecule has 0 unspecified atom stereocenters. The predicted molar refractivity (Wildman–Crippen MR) is 119 cm³/mol. The number of carbonyl (C=O) groups excluding carboxylic acids is 2. The normalized spacial score (nSPS) is 16.4. The first kappa shape index (κ1) is 23.5. The van der Waals surface area contributed by atoms with Gasteiger partial charge in [0.2, 0.25) is 5.91 Å². The van der Waals surface area contributed by atoms with Crippen LogP contribution in [0.25, 0.3) is 0 Å². The Morgan fingerprint density at radius 1 is 1.06 bits per heavy atom. The fourth-order valence-electron chi connectivity index (χ4n) is 4.05. The standard InChI is InChI=1S/C24H26F3N3O2/c1-23(2)18-10-6-8-12-20(18)30(4)21(23)13-16(31)14-29(3)15-22(32)28-19-11-7-5-9-17(19)24(25,26)27/h5-13H,14-15H2,1-4H3,(H,28,32). The van der Waals surface area contributed by atoms with Crippen LogP contribution in [-0.4, -0.2) is 43.8 Å². The number of allylic oxidation sites excluding steroid dienone is 1. The quantitative estimate of drug-likeness (QED) is 0.668. The van der Waals surface area contributed by atoms with E-state index in [1.54, 1.807) is 13.1 Å². The molecule has 5 nitrogen and oxygen atoms in total. The van der Waals surface area contributed by atoms with Crippen LogP contribution in [0.1, 0.15) is 25.0 Å². The number of nitrogens with one attached hydrogen (secondary N) is 1. The first-order chi connectivity index (χ1) is 14.9. The number of amides is 1. The Bertz CT molecular complexity index is 1060. The molecule has 0 aromatic heterocycles. The molecule has 0 radical (unpaired) electrons. The summed E-state index contributed by atoms with van der Waals surface area (Å²) >= 11 is 0. The van der Waals surface area contributed by atoms with Gasteiger partial charge in [-0.25, -0.2) is 0 Å². The lowest BCUT2D eigenvalue weighted by Gasteiger charge is -2.24. The number of likely N-dealkylation sites (N-methyl/N-ethyl adjacent to an activating group) is 2. The minimum Gasteiger partial charge on any atom is -0.347 e. The second-order valence-corrected chi connectivity index (χ2v) is 8.46. The SMILES string of the molecule is CN(CC(=O)C=C1N(C)c2ccccc2C1(C)C)CC(=O)Nc1ccccc1C(F)(F)F. The van der Waals surface area contributed by atoms with Crippen LogP contribution in [0, 0.1) is 0 Å². The Hall–Kier alpha value is -3.13.